The number of nitrogens with zero attached hydrogens (tertiary/aromatic N) is 1. The summed E-state index contributed by atoms with van der Waals surface area (Å²) in [6, 6.07) is 16.1. The molecule has 4 aromatic rings. The van der Waals surface area contributed by atoms with E-state index in [9.17, 15) is 26.8 Å². The molecule has 0 unspecified atom stereocenters. The monoisotopic (exact) mass is 542 g/mol. The van der Waals surface area contributed by atoms with Crippen molar-refractivity contribution >= 4 is 44.9 Å². The molecule has 0 atom stereocenters. The van der Waals surface area contributed by atoms with E-state index in [0.717, 1.165) is 0 Å². The number of nitrogens with one attached hydrogen (secondary N) is 2. The molecule has 8 nitrogen and oxygen atoms in total. The maximum absolute atomic E-state index is 14.0. The van der Waals surface area contributed by atoms with Crippen LogP contribution in [0.1, 0.15) is 20.7 Å². The quantitative estimate of drug-likeness (QED) is 0.321. The molecule has 0 spiro atoms. The van der Waals surface area contributed by atoms with Crippen LogP contribution in [0.5, 0.6) is 0 Å². The zero-order chi connectivity index (χ0) is 26.7. The molecule has 0 saturated heterocycles. The molecule has 4 N–H and O–H groups in total. The molecular formula is C25H17ClF2N4O4S. The van der Waals surface area contributed by atoms with Gasteiger partial charge >= 0.3 is 0 Å². The van der Waals surface area contributed by atoms with Crippen LogP contribution in [0.2, 0.25) is 5.02 Å². The SMILES string of the molecule is NS(=O)(=O)c1ccccc1-c1ccc(C(=O)Nc2cc(F)c(F)cc2C(=O)Nc2ccc(Cl)cn2)cc1. The highest BCUT2D eigenvalue weighted by atomic mass is 35.5. The molecule has 0 fully saturated rings. The van der Waals surface area contributed by atoms with Crippen molar-refractivity contribution in [2.45, 2.75) is 4.90 Å². The maximum atomic E-state index is 14.0. The lowest BCUT2D eigenvalue weighted by Crippen LogP contribution is -2.19. The highest BCUT2D eigenvalue weighted by Crippen LogP contribution is 2.27. The number of halogens is 3. The van der Waals surface area contributed by atoms with Gasteiger partial charge in [0.1, 0.15) is 5.82 Å². The second-order valence-electron chi connectivity index (χ2n) is 7.70. The Kier molecular flexibility index (Phi) is 7.30. The number of amides is 2. The Labute approximate surface area is 215 Å². The molecule has 4 rings (SSSR count). The molecule has 2 amide bonds. The molecule has 188 valence electrons. The van der Waals surface area contributed by atoms with E-state index in [1.54, 1.807) is 12.1 Å². The van der Waals surface area contributed by atoms with Crippen molar-refractivity contribution < 1.29 is 26.8 Å². The number of nitrogens with two attached hydrogens (primary N) is 1. The van der Waals surface area contributed by atoms with Crippen molar-refractivity contribution in [2.24, 2.45) is 5.14 Å². The molecule has 12 heteroatoms. The Morgan fingerprint density at radius 3 is 2.19 bits per heavy atom. The molecule has 37 heavy (non-hydrogen) atoms. The minimum Gasteiger partial charge on any atom is -0.321 e. The van der Waals surface area contributed by atoms with Gasteiger partial charge in [-0.3, -0.25) is 9.59 Å². The zero-order valence-electron chi connectivity index (χ0n) is 18.7. The van der Waals surface area contributed by atoms with Crippen molar-refractivity contribution in [3.05, 3.63) is 107 Å². The number of sulfonamides is 1. The topological polar surface area (TPSA) is 131 Å². The average Bonchev–Trinajstić information content (AvgIpc) is 2.87. The molecule has 0 saturated carbocycles. The average molecular weight is 543 g/mol. The summed E-state index contributed by atoms with van der Waals surface area (Å²) >= 11 is 5.77. The number of carbonyl (C=O) groups excluding carboxylic acids is 2. The number of anilines is 2. The Hall–Kier alpha value is -4.19. The van der Waals surface area contributed by atoms with Crippen LogP contribution >= 0.6 is 11.6 Å². The summed E-state index contributed by atoms with van der Waals surface area (Å²) in [5.74, 6) is -4.03. The van der Waals surface area contributed by atoms with Crippen LogP contribution in [0, 0.1) is 11.6 Å². The van der Waals surface area contributed by atoms with Gasteiger partial charge in [0.05, 0.1) is 21.2 Å². The first-order valence-corrected chi connectivity index (χ1v) is 12.4. The van der Waals surface area contributed by atoms with Crippen LogP contribution in [-0.2, 0) is 10.0 Å². The molecule has 0 aliphatic heterocycles. The number of carbonyl (C=O) groups is 2. The van der Waals surface area contributed by atoms with Crippen molar-refractivity contribution in [1.29, 1.82) is 0 Å². The second-order valence-corrected chi connectivity index (χ2v) is 9.67. The fourth-order valence-electron chi connectivity index (χ4n) is 3.42. The Morgan fingerprint density at radius 2 is 1.54 bits per heavy atom. The normalized spacial score (nSPS) is 11.1. The van der Waals surface area contributed by atoms with Gasteiger partial charge in [0.2, 0.25) is 10.0 Å². The highest BCUT2D eigenvalue weighted by molar-refractivity contribution is 7.89. The number of hydrogen-bond donors (Lipinski definition) is 3. The number of primary sulfonamides is 1. The predicted molar refractivity (Wildman–Crippen MR) is 135 cm³/mol. The van der Waals surface area contributed by atoms with Gasteiger partial charge in [0.15, 0.2) is 11.6 Å². The summed E-state index contributed by atoms with van der Waals surface area (Å²) in [6.45, 7) is 0. The number of rotatable bonds is 6. The lowest BCUT2D eigenvalue weighted by Gasteiger charge is -2.13. The number of aromatic nitrogens is 1. The third kappa shape index (κ3) is 5.97. The van der Waals surface area contributed by atoms with Crippen LogP contribution in [-0.4, -0.2) is 25.2 Å². The maximum Gasteiger partial charge on any atom is 0.259 e. The van der Waals surface area contributed by atoms with Crippen LogP contribution in [0.15, 0.2) is 83.9 Å². The first kappa shape index (κ1) is 25.9. The van der Waals surface area contributed by atoms with Crippen molar-refractivity contribution in [3.8, 4) is 11.1 Å². The van der Waals surface area contributed by atoms with Crippen LogP contribution in [0.3, 0.4) is 0 Å². The van der Waals surface area contributed by atoms with E-state index in [4.69, 9.17) is 16.7 Å². The van der Waals surface area contributed by atoms with Crippen molar-refractivity contribution in [3.63, 3.8) is 0 Å². The molecule has 1 heterocycles. The third-order valence-electron chi connectivity index (χ3n) is 5.17. The smallest absolute Gasteiger partial charge is 0.259 e. The van der Waals surface area contributed by atoms with Gasteiger partial charge in [0, 0.05) is 23.4 Å². The van der Waals surface area contributed by atoms with Crippen LogP contribution in [0.25, 0.3) is 11.1 Å². The van der Waals surface area contributed by atoms with Crippen LogP contribution in [0.4, 0.5) is 20.3 Å². The summed E-state index contributed by atoms with van der Waals surface area (Å²) < 4.78 is 51.7. The van der Waals surface area contributed by atoms with E-state index >= 15 is 0 Å². The Morgan fingerprint density at radius 1 is 0.865 bits per heavy atom. The van der Waals surface area contributed by atoms with Gasteiger partial charge in [-0.25, -0.2) is 27.3 Å². The minimum absolute atomic E-state index is 0.0835. The summed E-state index contributed by atoms with van der Waals surface area (Å²) in [7, 11) is -3.99. The van der Waals surface area contributed by atoms with E-state index in [1.807, 2.05) is 0 Å². The largest absolute Gasteiger partial charge is 0.321 e. The molecule has 0 aliphatic rings. The van der Waals surface area contributed by atoms with Gasteiger partial charge in [-0.1, -0.05) is 41.9 Å². The summed E-state index contributed by atoms with van der Waals surface area (Å²) in [6.07, 6.45) is 1.29. The van der Waals surface area contributed by atoms with E-state index in [2.05, 4.69) is 15.6 Å². The first-order chi connectivity index (χ1) is 17.5. The summed E-state index contributed by atoms with van der Waals surface area (Å²) in [5, 5.41) is 10.4. The van der Waals surface area contributed by atoms with Gasteiger partial charge < -0.3 is 10.6 Å². The fourth-order valence-corrected chi connectivity index (χ4v) is 4.29. The fraction of sp³-hybridized carbons (Fsp3) is 0. The lowest BCUT2D eigenvalue weighted by molar-refractivity contribution is 0.102. The highest BCUT2D eigenvalue weighted by Gasteiger charge is 2.20. The standard InChI is InChI=1S/C25H17ClF2N4O4S/c26-16-9-10-23(30-13-16)32-25(34)18-11-19(27)20(28)12-21(18)31-24(33)15-7-5-14(6-8-15)17-3-1-2-4-22(17)37(29,35)36/h1-13H,(H,31,33)(H2,29,35,36)(H,30,32,34). The van der Waals surface area contributed by atoms with Crippen LogP contribution < -0.4 is 15.8 Å². The minimum atomic E-state index is -3.99. The lowest BCUT2D eigenvalue weighted by atomic mass is 10.0. The second kappa shape index (κ2) is 10.4. The Bertz CT molecular complexity index is 1610. The molecule has 0 bridgehead atoms. The molecule has 3 aromatic carbocycles. The Balaban J connectivity index is 1.59. The van der Waals surface area contributed by atoms with E-state index in [0.29, 0.717) is 28.3 Å². The van der Waals surface area contributed by atoms with Gasteiger partial charge in [-0.15, -0.1) is 0 Å². The van der Waals surface area contributed by atoms with Gasteiger partial charge in [-0.2, -0.15) is 0 Å². The summed E-state index contributed by atoms with van der Waals surface area (Å²) in [5.41, 5.74) is 0.297. The molecular weight excluding hydrogens is 526 g/mol. The third-order valence-corrected chi connectivity index (χ3v) is 6.37. The zero-order valence-corrected chi connectivity index (χ0v) is 20.3. The van der Waals surface area contributed by atoms with Crippen molar-refractivity contribution in [1.82, 2.24) is 4.98 Å². The van der Waals surface area contributed by atoms with Crippen molar-refractivity contribution in [2.75, 3.05) is 10.6 Å². The summed E-state index contributed by atoms with van der Waals surface area (Å²) in [4.78, 5) is 29.4. The molecule has 1 aromatic heterocycles. The molecule has 0 radical (unpaired) electrons. The van der Waals surface area contributed by atoms with Gasteiger partial charge in [-0.05, 0) is 42.0 Å². The predicted octanol–water partition coefficient (Wildman–Crippen LogP) is 4.83. The van der Waals surface area contributed by atoms with E-state index < -0.39 is 33.5 Å². The number of hydrogen-bond acceptors (Lipinski definition) is 5. The van der Waals surface area contributed by atoms with Gasteiger partial charge in [0.25, 0.3) is 11.8 Å². The number of benzene rings is 3. The first-order valence-electron chi connectivity index (χ1n) is 10.5. The molecule has 0 aliphatic carbocycles. The van der Waals surface area contributed by atoms with E-state index in [1.165, 1.54) is 54.7 Å². The van der Waals surface area contributed by atoms with E-state index in [-0.39, 0.29) is 27.5 Å². The number of pyridine rings is 1.